The molecule has 0 radical (unpaired) electrons. The molecule has 0 aliphatic carbocycles. The van der Waals surface area contributed by atoms with Gasteiger partial charge in [0.15, 0.2) is 0 Å². The van der Waals surface area contributed by atoms with Crippen molar-refractivity contribution >= 4 is 27.6 Å². The van der Waals surface area contributed by atoms with Crippen molar-refractivity contribution in [2.45, 2.75) is 11.8 Å². The van der Waals surface area contributed by atoms with Crippen LogP contribution in [0.25, 0.3) is 16.8 Å². The van der Waals surface area contributed by atoms with Crippen molar-refractivity contribution in [1.29, 1.82) is 5.41 Å². The van der Waals surface area contributed by atoms with Crippen molar-refractivity contribution in [2.75, 3.05) is 5.32 Å². The van der Waals surface area contributed by atoms with E-state index >= 15 is 0 Å². The molecule has 1 amide bonds. The first-order valence-electron chi connectivity index (χ1n) is 10.0. The smallest absolute Gasteiger partial charge is 0.275 e. The molecule has 10 nitrogen and oxygen atoms in total. The second-order valence-corrected chi connectivity index (χ2v) is 9.06. The highest BCUT2D eigenvalue weighted by molar-refractivity contribution is 7.89. The summed E-state index contributed by atoms with van der Waals surface area (Å²) in [5, 5.41) is 19.9. The van der Waals surface area contributed by atoms with Gasteiger partial charge in [-0.15, -0.1) is 0 Å². The first-order chi connectivity index (χ1) is 16.1. The number of aryl methyl sites for hydroxylation is 1. The van der Waals surface area contributed by atoms with Crippen LogP contribution in [0.2, 0.25) is 0 Å². The lowest BCUT2D eigenvalue weighted by atomic mass is 10.1. The van der Waals surface area contributed by atoms with Crippen LogP contribution in [0.4, 0.5) is 5.82 Å². The van der Waals surface area contributed by atoms with Crippen LogP contribution in [0.5, 0.6) is 0 Å². The number of carbonyl (C=O) groups excluding carboxylic acids is 1. The van der Waals surface area contributed by atoms with E-state index in [9.17, 15) is 13.2 Å². The number of amidine groups is 1. The van der Waals surface area contributed by atoms with Crippen molar-refractivity contribution < 1.29 is 13.2 Å². The van der Waals surface area contributed by atoms with E-state index in [-0.39, 0.29) is 10.7 Å². The van der Waals surface area contributed by atoms with Crippen LogP contribution in [0.3, 0.4) is 0 Å². The maximum Gasteiger partial charge on any atom is 0.275 e. The molecule has 172 valence electrons. The number of pyridine rings is 1. The predicted molar refractivity (Wildman–Crippen MR) is 128 cm³/mol. The Hall–Kier alpha value is -4.35. The Morgan fingerprint density at radius 3 is 2.35 bits per heavy atom. The number of benzene rings is 2. The summed E-state index contributed by atoms with van der Waals surface area (Å²) in [5.41, 5.74) is 9.12. The molecule has 0 aliphatic heterocycles. The first-order valence-corrected chi connectivity index (χ1v) is 11.6. The summed E-state index contributed by atoms with van der Waals surface area (Å²) in [6.07, 6.45) is 1.57. The highest BCUT2D eigenvalue weighted by Crippen LogP contribution is 2.22. The summed E-state index contributed by atoms with van der Waals surface area (Å²) < 4.78 is 24.3. The van der Waals surface area contributed by atoms with Crippen LogP contribution in [-0.4, -0.2) is 34.9 Å². The van der Waals surface area contributed by atoms with Crippen molar-refractivity contribution in [3.63, 3.8) is 0 Å². The summed E-state index contributed by atoms with van der Waals surface area (Å²) >= 11 is 0. The second kappa shape index (κ2) is 8.89. The third-order valence-corrected chi connectivity index (χ3v) is 5.92. The lowest BCUT2D eigenvalue weighted by molar-refractivity contribution is 0.101. The van der Waals surface area contributed by atoms with Crippen LogP contribution in [0.15, 0.2) is 77.8 Å². The molecule has 2 aromatic heterocycles. The molecule has 0 aliphatic rings. The number of hydrogen-bond acceptors (Lipinski definition) is 6. The van der Waals surface area contributed by atoms with Gasteiger partial charge in [-0.05, 0) is 55.0 Å². The molecule has 0 atom stereocenters. The van der Waals surface area contributed by atoms with E-state index in [0.29, 0.717) is 28.5 Å². The number of anilines is 1. The number of hydrogen-bond donors (Lipinski definition) is 4. The van der Waals surface area contributed by atoms with Gasteiger partial charge < -0.3 is 11.1 Å². The predicted octanol–water partition coefficient (Wildman–Crippen LogP) is 2.43. The molecule has 0 bridgehead atoms. The number of amides is 1. The number of nitrogens with two attached hydrogens (primary N) is 2. The van der Waals surface area contributed by atoms with Gasteiger partial charge in [0.05, 0.1) is 16.3 Å². The molecule has 0 saturated heterocycles. The highest BCUT2D eigenvalue weighted by Gasteiger charge is 2.17. The molecule has 34 heavy (non-hydrogen) atoms. The van der Waals surface area contributed by atoms with Gasteiger partial charge in [0.1, 0.15) is 17.3 Å². The van der Waals surface area contributed by atoms with Crippen molar-refractivity contribution in [2.24, 2.45) is 10.9 Å². The number of primary sulfonamides is 1. The van der Waals surface area contributed by atoms with E-state index < -0.39 is 15.9 Å². The Morgan fingerprint density at radius 1 is 1.03 bits per heavy atom. The summed E-state index contributed by atoms with van der Waals surface area (Å²) in [5.74, 6) is -0.162. The molecular weight excluding hydrogens is 454 g/mol. The van der Waals surface area contributed by atoms with Crippen LogP contribution in [0.1, 0.15) is 21.7 Å². The number of carbonyl (C=O) groups is 1. The van der Waals surface area contributed by atoms with Crippen LogP contribution < -0.4 is 16.2 Å². The highest BCUT2D eigenvalue weighted by atomic mass is 32.2. The van der Waals surface area contributed by atoms with Gasteiger partial charge in [-0.2, -0.15) is 5.10 Å². The fraction of sp³-hybridized carbons (Fsp3) is 0.0435. The van der Waals surface area contributed by atoms with E-state index in [1.807, 2.05) is 0 Å². The van der Waals surface area contributed by atoms with Gasteiger partial charge in [-0.1, -0.05) is 24.3 Å². The van der Waals surface area contributed by atoms with Gasteiger partial charge in [0, 0.05) is 17.3 Å². The molecule has 0 fully saturated rings. The number of nitrogen functional groups attached to an aromatic ring is 1. The Balaban J connectivity index is 1.55. The average Bonchev–Trinajstić information content (AvgIpc) is 3.21. The van der Waals surface area contributed by atoms with Crippen LogP contribution in [0, 0.1) is 12.3 Å². The van der Waals surface area contributed by atoms with E-state index in [1.165, 1.54) is 16.8 Å². The maximum atomic E-state index is 13.0. The van der Waals surface area contributed by atoms with Gasteiger partial charge in [-0.25, -0.2) is 23.2 Å². The Kier molecular flexibility index (Phi) is 5.97. The molecule has 6 N–H and O–H groups in total. The molecule has 4 rings (SSSR count). The molecule has 4 aromatic rings. The van der Waals surface area contributed by atoms with Crippen molar-refractivity contribution in [3.8, 4) is 16.8 Å². The summed E-state index contributed by atoms with van der Waals surface area (Å²) in [4.78, 5) is 17.3. The normalized spacial score (nSPS) is 11.2. The lowest BCUT2D eigenvalue weighted by Gasteiger charge is -2.10. The topological polar surface area (TPSA) is 170 Å². The van der Waals surface area contributed by atoms with Crippen LogP contribution in [-0.2, 0) is 10.0 Å². The van der Waals surface area contributed by atoms with Crippen molar-refractivity contribution in [1.82, 2.24) is 14.8 Å². The quantitative estimate of drug-likeness (QED) is 0.246. The zero-order chi connectivity index (χ0) is 24.5. The molecule has 2 aromatic carbocycles. The number of nitrogens with one attached hydrogen (secondary N) is 2. The Labute approximate surface area is 195 Å². The van der Waals surface area contributed by atoms with Crippen LogP contribution >= 0.6 is 0 Å². The standard InChI is InChI=1S/C23H21N7O3S/c1-14-11-20(30(29-14)18-4-2-3-16(12-18)22(24)25)23(31)28-21-10-7-17(13-27-21)15-5-8-19(9-6-15)34(26,32)33/h2-13H,1H3,(H3,24,25)(H2,26,32,33)(H,27,28,31). The summed E-state index contributed by atoms with van der Waals surface area (Å²) in [6.45, 7) is 1.77. The molecule has 0 unspecified atom stereocenters. The van der Waals surface area contributed by atoms with Gasteiger partial charge in [0.25, 0.3) is 5.91 Å². The van der Waals surface area contributed by atoms with E-state index in [4.69, 9.17) is 16.3 Å². The van der Waals surface area contributed by atoms with E-state index in [0.717, 1.165) is 11.1 Å². The van der Waals surface area contributed by atoms with Gasteiger partial charge >= 0.3 is 0 Å². The molecule has 2 heterocycles. The minimum Gasteiger partial charge on any atom is -0.384 e. The average molecular weight is 476 g/mol. The maximum absolute atomic E-state index is 13.0. The minimum absolute atomic E-state index is 0.0221. The number of sulfonamides is 1. The molecule has 0 spiro atoms. The zero-order valence-corrected chi connectivity index (χ0v) is 18.9. The Morgan fingerprint density at radius 2 is 1.74 bits per heavy atom. The lowest BCUT2D eigenvalue weighted by Crippen LogP contribution is -2.18. The fourth-order valence-corrected chi connectivity index (χ4v) is 3.83. The zero-order valence-electron chi connectivity index (χ0n) is 18.1. The number of nitrogens with zero attached hydrogens (tertiary/aromatic N) is 3. The largest absolute Gasteiger partial charge is 0.384 e. The summed E-state index contributed by atoms with van der Waals surface area (Å²) in [6, 6.07) is 18.0. The monoisotopic (exact) mass is 475 g/mol. The first kappa shape index (κ1) is 22.8. The molecular formula is C23H21N7O3S. The summed E-state index contributed by atoms with van der Waals surface area (Å²) in [7, 11) is -3.76. The van der Waals surface area contributed by atoms with E-state index in [2.05, 4.69) is 15.4 Å². The second-order valence-electron chi connectivity index (χ2n) is 7.50. The Bertz CT molecular complexity index is 1490. The van der Waals surface area contributed by atoms with Gasteiger partial charge in [-0.3, -0.25) is 10.2 Å². The third kappa shape index (κ3) is 4.85. The van der Waals surface area contributed by atoms with Crippen molar-refractivity contribution in [3.05, 3.63) is 89.9 Å². The number of rotatable bonds is 6. The number of aromatic nitrogens is 3. The fourth-order valence-electron chi connectivity index (χ4n) is 3.32. The van der Waals surface area contributed by atoms with Gasteiger partial charge in [0.2, 0.25) is 10.0 Å². The van der Waals surface area contributed by atoms with E-state index in [1.54, 1.807) is 67.7 Å². The molecule has 0 saturated carbocycles. The minimum atomic E-state index is -3.76. The molecule has 11 heteroatoms. The third-order valence-electron chi connectivity index (χ3n) is 4.99. The SMILES string of the molecule is Cc1cc(C(=O)Nc2ccc(-c3ccc(S(N)(=O)=O)cc3)cn2)n(-c2cccc(C(=N)N)c2)n1.